The third-order valence-corrected chi connectivity index (χ3v) is 3.94. The molecule has 2 aromatic heterocycles. The minimum atomic E-state index is -1.01. The van der Waals surface area contributed by atoms with Crippen molar-refractivity contribution in [3.8, 4) is 10.6 Å². The number of aromatic carboxylic acids is 1. The lowest BCUT2D eigenvalue weighted by atomic mass is 10.2. The number of carbonyl (C=O) groups is 1. The molecule has 1 fully saturated rings. The van der Waals surface area contributed by atoms with Crippen LogP contribution in [-0.4, -0.2) is 16.1 Å². The normalized spacial score (nSPS) is 22.6. The highest BCUT2D eigenvalue weighted by Gasteiger charge is 2.36. The van der Waals surface area contributed by atoms with E-state index in [0.29, 0.717) is 22.5 Å². The van der Waals surface area contributed by atoms with Gasteiger partial charge in [-0.15, -0.1) is 11.3 Å². The smallest absolute Gasteiger partial charge is 0.356 e. The zero-order chi connectivity index (χ0) is 12.0. The van der Waals surface area contributed by atoms with Crippen molar-refractivity contribution < 1.29 is 14.3 Å². The van der Waals surface area contributed by atoms with Crippen LogP contribution in [0.2, 0.25) is 0 Å². The molecule has 4 nitrogen and oxygen atoms in total. The van der Waals surface area contributed by atoms with Gasteiger partial charge in [-0.2, -0.15) is 0 Å². The molecule has 1 N–H and O–H groups in total. The third kappa shape index (κ3) is 1.76. The van der Waals surface area contributed by atoms with Gasteiger partial charge in [-0.25, -0.2) is 9.78 Å². The van der Waals surface area contributed by atoms with Gasteiger partial charge in [-0.05, 0) is 24.5 Å². The first-order valence-corrected chi connectivity index (χ1v) is 6.31. The van der Waals surface area contributed by atoms with Gasteiger partial charge in [0.15, 0.2) is 5.69 Å². The number of nitrogens with zero attached hydrogens (tertiary/aromatic N) is 1. The first-order chi connectivity index (χ1) is 8.16. The Morgan fingerprint density at radius 3 is 3.00 bits per heavy atom. The van der Waals surface area contributed by atoms with Crippen molar-refractivity contribution in [3.63, 3.8) is 0 Å². The second-order valence-corrected chi connectivity index (χ2v) is 5.21. The molecule has 0 saturated heterocycles. The number of rotatable bonds is 3. The first kappa shape index (κ1) is 10.5. The summed E-state index contributed by atoms with van der Waals surface area (Å²) in [5, 5.41) is 8.99. The highest BCUT2D eigenvalue weighted by Crippen LogP contribution is 2.48. The summed E-state index contributed by atoms with van der Waals surface area (Å²) in [6, 6.07) is 3.77. The van der Waals surface area contributed by atoms with E-state index in [2.05, 4.69) is 11.9 Å². The van der Waals surface area contributed by atoms with Crippen molar-refractivity contribution >= 4 is 17.3 Å². The molecule has 2 unspecified atom stereocenters. The molecule has 0 bridgehead atoms. The van der Waals surface area contributed by atoms with Crippen LogP contribution in [0.1, 0.15) is 35.5 Å². The predicted molar refractivity (Wildman–Crippen MR) is 63.3 cm³/mol. The molecular formula is C12H11NO3S. The minimum Gasteiger partial charge on any atom is -0.476 e. The fraction of sp³-hybridized carbons (Fsp3) is 0.333. The van der Waals surface area contributed by atoms with Gasteiger partial charge in [0.1, 0.15) is 16.4 Å². The van der Waals surface area contributed by atoms with Gasteiger partial charge in [0.2, 0.25) is 0 Å². The zero-order valence-corrected chi connectivity index (χ0v) is 10.0. The topological polar surface area (TPSA) is 63.3 Å². The summed E-state index contributed by atoms with van der Waals surface area (Å²) in [7, 11) is 0. The quantitative estimate of drug-likeness (QED) is 0.907. The molecule has 17 heavy (non-hydrogen) atoms. The van der Waals surface area contributed by atoms with Crippen molar-refractivity contribution in [2.75, 3.05) is 0 Å². The van der Waals surface area contributed by atoms with Crippen LogP contribution in [0.15, 0.2) is 22.1 Å². The highest BCUT2D eigenvalue weighted by molar-refractivity contribution is 7.13. The highest BCUT2D eigenvalue weighted by atomic mass is 32.1. The maximum absolute atomic E-state index is 11.0. The van der Waals surface area contributed by atoms with Crippen molar-refractivity contribution in [3.05, 3.63) is 29.1 Å². The van der Waals surface area contributed by atoms with Gasteiger partial charge in [0, 0.05) is 5.92 Å². The summed E-state index contributed by atoms with van der Waals surface area (Å²) in [5.74, 6) is 1.73. The molecule has 88 valence electrons. The molecule has 0 aromatic carbocycles. The fourth-order valence-corrected chi connectivity index (χ4v) is 2.71. The Kier molecular flexibility index (Phi) is 2.29. The summed E-state index contributed by atoms with van der Waals surface area (Å²) >= 11 is 1.29. The van der Waals surface area contributed by atoms with E-state index in [1.165, 1.54) is 16.8 Å². The molecule has 0 radical (unpaired) electrons. The Morgan fingerprint density at radius 1 is 1.59 bits per heavy atom. The summed E-state index contributed by atoms with van der Waals surface area (Å²) < 4.78 is 5.72. The van der Waals surface area contributed by atoms with Crippen LogP contribution in [0.4, 0.5) is 0 Å². The van der Waals surface area contributed by atoms with Crippen LogP contribution in [0.5, 0.6) is 0 Å². The second-order valence-electron chi connectivity index (χ2n) is 4.36. The van der Waals surface area contributed by atoms with Crippen LogP contribution in [0, 0.1) is 5.92 Å². The predicted octanol–water partition coefficient (Wildman–Crippen LogP) is 3.22. The van der Waals surface area contributed by atoms with Gasteiger partial charge in [-0.1, -0.05) is 6.92 Å². The SMILES string of the molecule is CC1CC1c1ccc(-c2scnc2C(=O)O)o1. The molecule has 5 heteroatoms. The molecule has 2 heterocycles. The van der Waals surface area contributed by atoms with E-state index in [4.69, 9.17) is 9.52 Å². The number of furan rings is 1. The first-order valence-electron chi connectivity index (χ1n) is 5.43. The van der Waals surface area contributed by atoms with E-state index in [1.54, 1.807) is 0 Å². The largest absolute Gasteiger partial charge is 0.476 e. The van der Waals surface area contributed by atoms with Crippen molar-refractivity contribution in [2.45, 2.75) is 19.3 Å². The van der Waals surface area contributed by atoms with Crippen molar-refractivity contribution in [2.24, 2.45) is 5.92 Å². The summed E-state index contributed by atoms with van der Waals surface area (Å²) in [4.78, 5) is 15.4. The molecular weight excluding hydrogens is 238 g/mol. The van der Waals surface area contributed by atoms with Gasteiger partial charge >= 0.3 is 5.97 Å². The summed E-state index contributed by atoms with van der Waals surface area (Å²) in [6.07, 6.45) is 1.15. The number of aromatic nitrogens is 1. The van der Waals surface area contributed by atoms with E-state index in [-0.39, 0.29) is 5.69 Å². The van der Waals surface area contributed by atoms with E-state index in [9.17, 15) is 4.79 Å². The van der Waals surface area contributed by atoms with Gasteiger partial charge in [-0.3, -0.25) is 0 Å². The molecule has 2 aromatic rings. The number of carboxylic acid groups (broad SMARTS) is 1. The minimum absolute atomic E-state index is 0.0692. The number of hydrogen-bond donors (Lipinski definition) is 1. The van der Waals surface area contributed by atoms with Crippen molar-refractivity contribution in [1.29, 1.82) is 0 Å². The number of hydrogen-bond acceptors (Lipinski definition) is 4. The van der Waals surface area contributed by atoms with Crippen LogP contribution < -0.4 is 0 Å². The average molecular weight is 249 g/mol. The maximum atomic E-state index is 11.0. The van der Waals surface area contributed by atoms with E-state index in [1.807, 2.05) is 12.1 Å². The molecule has 0 spiro atoms. The zero-order valence-electron chi connectivity index (χ0n) is 9.21. The van der Waals surface area contributed by atoms with E-state index < -0.39 is 5.97 Å². The monoisotopic (exact) mass is 249 g/mol. The molecule has 1 saturated carbocycles. The van der Waals surface area contributed by atoms with Gasteiger partial charge in [0.25, 0.3) is 0 Å². The van der Waals surface area contributed by atoms with Crippen LogP contribution in [0.3, 0.4) is 0 Å². The lowest BCUT2D eigenvalue weighted by Gasteiger charge is -1.94. The number of carboxylic acids is 1. The van der Waals surface area contributed by atoms with E-state index in [0.717, 1.165) is 12.2 Å². The fourth-order valence-electron chi connectivity index (χ4n) is 1.97. The van der Waals surface area contributed by atoms with E-state index >= 15 is 0 Å². The maximum Gasteiger partial charge on any atom is 0.356 e. The Hall–Kier alpha value is -1.62. The van der Waals surface area contributed by atoms with Crippen LogP contribution in [-0.2, 0) is 0 Å². The van der Waals surface area contributed by atoms with Gasteiger partial charge in [0.05, 0.1) is 5.51 Å². The Balaban J connectivity index is 1.95. The van der Waals surface area contributed by atoms with Crippen molar-refractivity contribution in [1.82, 2.24) is 4.98 Å². The lowest BCUT2D eigenvalue weighted by molar-refractivity contribution is 0.0692. The van der Waals surface area contributed by atoms with Crippen LogP contribution in [0.25, 0.3) is 10.6 Å². The second kappa shape index (κ2) is 3.70. The Labute approximate surface area is 102 Å². The summed E-state index contributed by atoms with van der Waals surface area (Å²) in [5.41, 5.74) is 1.60. The average Bonchev–Trinajstić information content (AvgIpc) is 2.77. The van der Waals surface area contributed by atoms with Gasteiger partial charge < -0.3 is 9.52 Å². The molecule has 3 rings (SSSR count). The molecule has 0 aliphatic heterocycles. The third-order valence-electron chi connectivity index (χ3n) is 3.10. The van der Waals surface area contributed by atoms with Crippen LogP contribution >= 0.6 is 11.3 Å². The Morgan fingerprint density at radius 2 is 2.35 bits per heavy atom. The Bertz CT molecular complexity index is 572. The summed E-state index contributed by atoms with van der Waals surface area (Å²) in [6.45, 7) is 2.18. The number of thiazole rings is 1. The molecule has 1 aliphatic rings. The molecule has 1 aliphatic carbocycles. The standard InChI is InChI=1S/C12H11NO3S/c1-6-4-7(6)8-2-3-9(16-8)11-10(12(14)15)13-5-17-11/h2-3,5-7H,4H2,1H3,(H,14,15). The molecule has 0 amide bonds. The molecule has 2 atom stereocenters. The lowest BCUT2D eigenvalue weighted by Crippen LogP contribution is -1.97.